The SMILES string of the molecule is CC(C)c1ccc(OCC(=O)NCCCCN2CCCC2)cc1.Cl. The summed E-state index contributed by atoms with van der Waals surface area (Å²) in [5.74, 6) is 1.21. The predicted octanol–water partition coefficient (Wildman–Crippen LogP) is 3.60. The number of benzene rings is 1. The van der Waals surface area contributed by atoms with Gasteiger partial charge in [-0.2, -0.15) is 0 Å². The van der Waals surface area contributed by atoms with Crippen molar-refractivity contribution >= 4 is 18.3 Å². The summed E-state index contributed by atoms with van der Waals surface area (Å²) in [6, 6.07) is 7.96. The molecule has 1 aliphatic rings. The number of carbonyl (C=O) groups is 1. The van der Waals surface area contributed by atoms with Crippen LogP contribution in [0.25, 0.3) is 0 Å². The van der Waals surface area contributed by atoms with Gasteiger partial charge < -0.3 is 15.0 Å². The van der Waals surface area contributed by atoms with E-state index in [-0.39, 0.29) is 24.9 Å². The number of rotatable bonds is 9. The van der Waals surface area contributed by atoms with Crippen LogP contribution in [0.3, 0.4) is 0 Å². The summed E-state index contributed by atoms with van der Waals surface area (Å²) < 4.78 is 5.52. The predicted molar refractivity (Wildman–Crippen MR) is 101 cm³/mol. The first-order valence-corrected chi connectivity index (χ1v) is 8.87. The average molecular weight is 355 g/mol. The van der Waals surface area contributed by atoms with Crippen LogP contribution in [0.4, 0.5) is 0 Å². The third kappa shape index (κ3) is 7.54. The molecule has 1 N–H and O–H groups in total. The van der Waals surface area contributed by atoms with Gasteiger partial charge in [-0.05, 0) is 68.9 Å². The van der Waals surface area contributed by atoms with Crippen molar-refractivity contribution in [2.45, 2.75) is 45.4 Å². The Hall–Kier alpha value is -1.26. The number of hydrogen-bond acceptors (Lipinski definition) is 3. The number of amides is 1. The monoisotopic (exact) mass is 354 g/mol. The van der Waals surface area contributed by atoms with Crippen LogP contribution in [-0.2, 0) is 4.79 Å². The molecule has 0 saturated carbocycles. The number of halogens is 1. The van der Waals surface area contributed by atoms with Gasteiger partial charge in [0.2, 0.25) is 0 Å². The minimum atomic E-state index is -0.0425. The Labute approximate surface area is 152 Å². The fraction of sp³-hybridized carbons (Fsp3) is 0.632. The fourth-order valence-corrected chi connectivity index (χ4v) is 2.84. The van der Waals surface area contributed by atoms with Crippen molar-refractivity contribution in [3.8, 4) is 5.75 Å². The van der Waals surface area contributed by atoms with E-state index in [4.69, 9.17) is 4.74 Å². The van der Waals surface area contributed by atoms with E-state index in [0.717, 1.165) is 31.7 Å². The summed E-state index contributed by atoms with van der Waals surface area (Å²) >= 11 is 0. The maximum atomic E-state index is 11.8. The second-order valence-electron chi connectivity index (χ2n) is 6.62. The number of nitrogens with zero attached hydrogens (tertiary/aromatic N) is 1. The molecular weight excluding hydrogens is 324 g/mol. The highest BCUT2D eigenvalue weighted by Gasteiger charge is 2.10. The third-order valence-electron chi connectivity index (χ3n) is 4.34. The van der Waals surface area contributed by atoms with Crippen molar-refractivity contribution < 1.29 is 9.53 Å². The fourth-order valence-electron chi connectivity index (χ4n) is 2.84. The molecule has 1 aliphatic heterocycles. The number of unbranched alkanes of at least 4 members (excludes halogenated alkanes) is 1. The zero-order valence-corrected chi connectivity index (χ0v) is 15.7. The van der Waals surface area contributed by atoms with Crippen LogP contribution >= 0.6 is 12.4 Å². The van der Waals surface area contributed by atoms with Crippen LogP contribution in [0, 0.1) is 0 Å². The molecule has 0 aromatic heterocycles. The second kappa shape index (κ2) is 11.3. The molecule has 4 nitrogen and oxygen atoms in total. The Morgan fingerprint density at radius 3 is 2.46 bits per heavy atom. The molecule has 1 aromatic rings. The van der Waals surface area contributed by atoms with Crippen LogP contribution in [0.5, 0.6) is 5.75 Å². The molecule has 1 amide bonds. The van der Waals surface area contributed by atoms with Crippen molar-refractivity contribution in [2.75, 3.05) is 32.8 Å². The lowest BCUT2D eigenvalue weighted by molar-refractivity contribution is -0.123. The van der Waals surface area contributed by atoms with Crippen LogP contribution in [0.1, 0.15) is 51.0 Å². The minimum absolute atomic E-state index is 0. The zero-order valence-electron chi connectivity index (χ0n) is 14.9. The molecule has 1 aromatic carbocycles. The summed E-state index contributed by atoms with van der Waals surface area (Å²) in [6.07, 6.45) is 4.86. The van der Waals surface area contributed by atoms with E-state index >= 15 is 0 Å². The summed E-state index contributed by atoms with van der Waals surface area (Å²) in [7, 11) is 0. The van der Waals surface area contributed by atoms with E-state index in [9.17, 15) is 4.79 Å². The average Bonchev–Trinajstić information content (AvgIpc) is 3.06. The molecule has 0 unspecified atom stereocenters. The van der Waals surface area contributed by atoms with Crippen LogP contribution in [-0.4, -0.2) is 43.6 Å². The lowest BCUT2D eigenvalue weighted by atomic mass is 10.0. The van der Waals surface area contributed by atoms with Crippen molar-refractivity contribution in [1.29, 1.82) is 0 Å². The van der Waals surface area contributed by atoms with E-state index < -0.39 is 0 Å². The molecule has 0 atom stereocenters. The Kier molecular flexibility index (Phi) is 9.80. The molecule has 1 saturated heterocycles. The quantitative estimate of drug-likeness (QED) is 0.689. The van der Waals surface area contributed by atoms with Crippen LogP contribution < -0.4 is 10.1 Å². The van der Waals surface area contributed by atoms with Gasteiger partial charge in [0.25, 0.3) is 5.91 Å². The maximum Gasteiger partial charge on any atom is 0.257 e. The highest BCUT2D eigenvalue weighted by atomic mass is 35.5. The lowest BCUT2D eigenvalue weighted by Gasteiger charge is -2.14. The first-order chi connectivity index (χ1) is 11.1. The summed E-state index contributed by atoms with van der Waals surface area (Å²) in [5, 5.41) is 2.93. The van der Waals surface area contributed by atoms with Gasteiger partial charge in [0, 0.05) is 6.54 Å². The largest absolute Gasteiger partial charge is 0.484 e. The van der Waals surface area contributed by atoms with Crippen molar-refractivity contribution in [2.24, 2.45) is 0 Å². The highest BCUT2D eigenvalue weighted by Crippen LogP contribution is 2.18. The van der Waals surface area contributed by atoms with Gasteiger partial charge >= 0.3 is 0 Å². The first kappa shape index (κ1) is 20.8. The number of carbonyl (C=O) groups excluding carboxylic acids is 1. The van der Waals surface area contributed by atoms with Gasteiger partial charge in [-0.1, -0.05) is 26.0 Å². The van der Waals surface area contributed by atoms with Gasteiger partial charge in [0.05, 0.1) is 0 Å². The standard InChI is InChI=1S/C19H30N2O2.ClH/c1-16(2)17-7-9-18(10-8-17)23-15-19(22)20-11-3-4-12-21-13-5-6-14-21;/h7-10,16H,3-6,11-15H2,1-2H3,(H,20,22);1H. The smallest absolute Gasteiger partial charge is 0.257 e. The van der Waals surface area contributed by atoms with Gasteiger partial charge in [-0.3, -0.25) is 4.79 Å². The lowest BCUT2D eigenvalue weighted by Crippen LogP contribution is -2.30. The summed E-state index contributed by atoms with van der Waals surface area (Å²) in [5.41, 5.74) is 1.28. The Balaban J connectivity index is 0.00000288. The second-order valence-corrected chi connectivity index (χ2v) is 6.62. The van der Waals surface area contributed by atoms with E-state index in [0.29, 0.717) is 5.92 Å². The molecule has 0 aliphatic carbocycles. The minimum Gasteiger partial charge on any atom is -0.484 e. The van der Waals surface area contributed by atoms with Crippen molar-refractivity contribution in [3.05, 3.63) is 29.8 Å². The maximum absolute atomic E-state index is 11.8. The van der Waals surface area contributed by atoms with Gasteiger partial charge in [0.15, 0.2) is 6.61 Å². The highest BCUT2D eigenvalue weighted by molar-refractivity contribution is 5.85. The summed E-state index contributed by atoms with van der Waals surface area (Å²) in [4.78, 5) is 14.3. The van der Waals surface area contributed by atoms with E-state index in [2.05, 4.69) is 36.2 Å². The molecule has 0 bridgehead atoms. The molecule has 0 spiro atoms. The normalized spacial score (nSPS) is 14.5. The first-order valence-electron chi connectivity index (χ1n) is 8.87. The molecule has 5 heteroatoms. The summed E-state index contributed by atoms with van der Waals surface area (Å²) in [6.45, 7) is 8.80. The molecule has 0 radical (unpaired) electrons. The van der Waals surface area contributed by atoms with Gasteiger partial charge in [0.1, 0.15) is 5.75 Å². The van der Waals surface area contributed by atoms with Crippen LogP contribution in [0.2, 0.25) is 0 Å². The van der Waals surface area contributed by atoms with E-state index in [1.54, 1.807) is 0 Å². The number of nitrogens with one attached hydrogen (secondary N) is 1. The molecule has 136 valence electrons. The molecule has 24 heavy (non-hydrogen) atoms. The van der Waals surface area contributed by atoms with E-state index in [1.807, 2.05) is 12.1 Å². The van der Waals surface area contributed by atoms with Gasteiger partial charge in [-0.15, -0.1) is 12.4 Å². The Morgan fingerprint density at radius 1 is 1.17 bits per heavy atom. The van der Waals surface area contributed by atoms with Crippen molar-refractivity contribution in [1.82, 2.24) is 10.2 Å². The molecular formula is C19H31ClN2O2. The van der Waals surface area contributed by atoms with Crippen molar-refractivity contribution in [3.63, 3.8) is 0 Å². The Morgan fingerprint density at radius 2 is 1.83 bits per heavy atom. The number of ether oxygens (including phenoxy) is 1. The Bertz CT molecular complexity index is 471. The van der Waals surface area contributed by atoms with E-state index in [1.165, 1.54) is 31.5 Å². The third-order valence-corrected chi connectivity index (χ3v) is 4.34. The molecule has 2 rings (SSSR count). The molecule has 1 fully saturated rings. The van der Waals surface area contributed by atoms with Crippen LogP contribution in [0.15, 0.2) is 24.3 Å². The topological polar surface area (TPSA) is 41.6 Å². The molecule has 1 heterocycles. The zero-order chi connectivity index (χ0) is 16.5. The number of hydrogen-bond donors (Lipinski definition) is 1. The number of likely N-dealkylation sites (tertiary alicyclic amines) is 1. The van der Waals surface area contributed by atoms with Gasteiger partial charge in [-0.25, -0.2) is 0 Å².